The molecule has 0 spiro atoms. The van der Waals surface area contributed by atoms with Crippen molar-refractivity contribution in [3.63, 3.8) is 0 Å². The second-order valence-corrected chi connectivity index (χ2v) is 5.67. The Morgan fingerprint density at radius 2 is 1.81 bits per heavy atom. The first-order chi connectivity index (χ1) is 10.1. The van der Waals surface area contributed by atoms with Gasteiger partial charge in [0.15, 0.2) is 0 Å². The lowest BCUT2D eigenvalue weighted by Gasteiger charge is -2.33. The zero-order chi connectivity index (χ0) is 15.1. The van der Waals surface area contributed by atoms with E-state index in [9.17, 15) is 0 Å². The number of nitrogens with zero attached hydrogens (tertiary/aromatic N) is 3. The first-order valence-corrected chi connectivity index (χ1v) is 7.51. The summed E-state index contributed by atoms with van der Waals surface area (Å²) in [5.74, 6) is 1.09. The van der Waals surface area contributed by atoms with E-state index in [0.29, 0.717) is 17.9 Å². The first-order valence-electron chi connectivity index (χ1n) is 7.51. The molecule has 0 atom stereocenters. The quantitative estimate of drug-likeness (QED) is 0.795. The summed E-state index contributed by atoms with van der Waals surface area (Å²) in [6.07, 6.45) is 3.10. The van der Waals surface area contributed by atoms with Crippen LogP contribution in [0.2, 0.25) is 0 Å². The number of methoxy groups -OCH3 is 1. The maximum absolute atomic E-state index is 5.42. The van der Waals surface area contributed by atoms with Gasteiger partial charge in [0.2, 0.25) is 11.9 Å². The maximum atomic E-state index is 5.42. The molecule has 0 aromatic carbocycles. The van der Waals surface area contributed by atoms with E-state index < -0.39 is 0 Å². The monoisotopic (exact) mass is 295 g/mol. The molecular weight excluding hydrogens is 270 g/mol. The van der Waals surface area contributed by atoms with Gasteiger partial charge in [-0.1, -0.05) is 13.8 Å². The third kappa shape index (κ3) is 4.70. The molecule has 1 aliphatic rings. The van der Waals surface area contributed by atoms with Gasteiger partial charge in [0, 0.05) is 26.3 Å². The third-order valence-electron chi connectivity index (χ3n) is 3.70. The zero-order valence-electron chi connectivity index (χ0n) is 13.1. The Labute approximate surface area is 125 Å². The van der Waals surface area contributed by atoms with Gasteiger partial charge < -0.3 is 20.1 Å². The van der Waals surface area contributed by atoms with E-state index >= 15 is 0 Å². The first kappa shape index (κ1) is 15.8. The number of anilines is 2. The van der Waals surface area contributed by atoms with Crippen LogP contribution in [-0.4, -0.2) is 48.4 Å². The van der Waals surface area contributed by atoms with Crippen molar-refractivity contribution in [2.75, 3.05) is 44.0 Å². The Kier molecular flexibility index (Phi) is 5.55. The van der Waals surface area contributed by atoms with Crippen molar-refractivity contribution in [3.8, 4) is 6.01 Å². The highest BCUT2D eigenvalue weighted by Crippen LogP contribution is 2.29. The molecule has 0 bridgehead atoms. The fraction of sp³-hybridized carbons (Fsp3) is 0.786. The van der Waals surface area contributed by atoms with E-state index in [1.807, 2.05) is 0 Å². The van der Waals surface area contributed by atoms with Crippen molar-refractivity contribution in [1.82, 2.24) is 15.0 Å². The van der Waals surface area contributed by atoms with E-state index in [0.717, 1.165) is 45.6 Å². The minimum absolute atomic E-state index is 0.217. The smallest absolute Gasteiger partial charge is 0.322 e. The lowest BCUT2D eigenvalue weighted by atomic mass is 9.82. The van der Waals surface area contributed by atoms with Crippen molar-refractivity contribution < 1.29 is 9.47 Å². The summed E-state index contributed by atoms with van der Waals surface area (Å²) in [5.41, 5.74) is 0.217. The van der Waals surface area contributed by atoms with Crippen LogP contribution in [0.3, 0.4) is 0 Å². The molecule has 1 aliphatic heterocycles. The van der Waals surface area contributed by atoms with Crippen LogP contribution >= 0.6 is 0 Å². The molecule has 0 radical (unpaired) electrons. The van der Waals surface area contributed by atoms with Gasteiger partial charge in [0.25, 0.3) is 0 Å². The summed E-state index contributed by atoms with van der Waals surface area (Å²) in [5, 5.41) is 6.46. The Morgan fingerprint density at radius 1 is 1.14 bits per heavy atom. The third-order valence-corrected chi connectivity index (χ3v) is 3.70. The lowest BCUT2D eigenvalue weighted by Crippen LogP contribution is -2.33. The van der Waals surface area contributed by atoms with Gasteiger partial charge in [0.1, 0.15) is 0 Å². The number of hydrogen-bond acceptors (Lipinski definition) is 7. The number of rotatable bonds is 7. The van der Waals surface area contributed by atoms with Gasteiger partial charge >= 0.3 is 6.01 Å². The van der Waals surface area contributed by atoms with Crippen LogP contribution in [0.4, 0.5) is 11.9 Å². The van der Waals surface area contributed by atoms with Gasteiger partial charge in [0.05, 0.1) is 7.11 Å². The summed E-state index contributed by atoms with van der Waals surface area (Å²) >= 11 is 0. The van der Waals surface area contributed by atoms with Crippen molar-refractivity contribution in [2.45, 2.75) is 33.1 Å². The molecule has 0 unspecified atom stereocenters. The predicted molar refractivity (Wildman–Crippen MR) is 81.8 cm³/mol. The molecule has 1 aromatic heterocycles. The highest BCUT2D eigenvalue weighted by molar-refractivity contribution is 5.36. The second-order valence-electron chi connectivity index (χ2n) is 5.67. The lowest BCUT2D eigenvalue weighted by molar-refractivity contribution is 0.0299. The SMILES string of the molecule is CCCNc1nc(NCC2(C)CCOCC2)nc(OC)n1. The Balaban J connectivity index is 2.00. The Bertz CT molecular complexity index is 449. The van der Waals surface area contributed by atoms with Crippen LogP contribution in [-0.2, 0) is 4.74 Å². The molecule has 2 heterocycles. The number of ether oxygens (including phenoxy) is 2. The van der Waals surface area contributed by atoms with Crippen LogP contribution < -0.4 is 15.4 Å². The molecule has 1 saturated heterocycles. The van der Waals surface area contributed by atoms with Gasteiger partial charge in [-0.05, 0) is 24.7 Å². The molecule has 0 amide bonds. The minimum atomic E-state index is 0.217. The fourth-order valence-corrected chi connectivity index (χ4v) is 2.18. The maximum Gasteiger partial charge on any atom is 0.322 e. The van der Waals surface area contributed by atoms with Crippen LogP contribution in [0.1, 0.15) is 33.1 Å². The van der Waals surface area contributed by atoms with E-state index in [1.54, 1.807) is 7.11 Å². The second kappa shape index (κ2) is 7.40. The minimum Gasteiger partial charge on any atom is -0.467 e. The number of hydrogen-bond donors (Lipinski definition) is 2. The summed E-state index contributed by atoms with van der Waals surface area (Å²) in [6, 6.07) is 0.322. The van der Waals surface area contributed by atoms with Crippen LogP contribution in [0, 0.1) is 5.41 Å². The normalized spacial score (nSPS) is 17.3. The van der Waals surface area contributed by atoms with E-state index in [-0.39, 0.29) is 5.41 Å². The van der Waals surface area contributed by atoms with Crippen LogP contribution in [0.15, 0.2) is 0 Å². The molecule has 1 fully saturated rings. The van der Waals surface area contributed by atoms with Crippen molar-refractivity contribution >= 4 is 11.9 Å². The van der Waals surface area contributed by atoms with Crippen molar-refractivity contribution in [1.29, 1.82) is 0 Å². The summed E-state index contributed by atoms with van der Waals surface area (Å²) < 4.78 is 10.5. The molecular formula is C14H25N5O2. The summed E-state index contributed by atoms with van der Waals surface area (Å²) in [6.45, 7) is 7.64. The topological polar surface area (TPSA) is 81.2 Å². The zero-order valence-corrected chi connectivity index (χ0v) is 13.1. The standard InChI is InChI=1S/C14H25N5O2/c1-4-7-15-11-17-12(19-13(18-11)20-3)16-10-14(2)5-8-21-9-6-14/h4-10H2,1-3H3,(H2,15,16,17,18,19). The highest BCUT2D eigenvalue weighted by atomic mass is 16.5. The van der Waals surface area contributed by atoms with Gasteiger partial charge in [-0.2, -0.15) is 15.0 Å². The summed E-state index contributed by atoms with van der Waals surface area (Å²) in [7, 11) is 1.56. The Morgan fingerprint density at radius 3 is 2.43 bits per heavy atom. The van der Waals surface area contributed by atoms with Gasteiger partial charge in [-0.25, -0.2) is 0 Å². The molecule has 7 nitrogen and oxygen atoms in total. The van der Waals surface area contributed by atoms with Gasteiger partial charge in [-0.3, -0.25) is 0 Å². The van der Waals surface area contributed by atoms with Gasteiger partial charge in [-0.15, -0.1) is 0 Å². The molecule has 2 rings (SSSR count). The average Bonchev–Trinajstić information content (AvgIpc) is 2.51. The van der Waals surface area contributed by atoms with Crippen molar-refractivity contribution in [3.05, 3.63) is 0 Å². The predicted octanol–water partition coefficient (Wildman–Crippen LogP) is 1.93. The molecule has 7 heteroatoms. The van der Waals surface area contributed by atoms with Crippen LogP contribution in [0.25, 0.3) is 0 Å². The molecule has 21 heavy (non-hydrogen) atoms. The number of aromatic nitrogens is 3. The largest absolute Gasteiger partial charge is 0.467 e. The molecule has 1 aromatic rings. The molecule has 0 saturated carbocycles. The average molecular weight is 295 g/mol. The van der Waals surface area contributed by atoms with E-state index in [4.69, 9.17) is 9.47 Å². The molecule has 118 valence electrons. The van der Waals surface area contributed by atoms with E-state index in [2.05, 4.69) is 39.4 Å². The summed E-state index contributed by atoms with van der Waals surface area (Å²) in [4.78, 5) is 12.8. The van der Waals surface area contributed by atoms with E-state index in [1.165, 1.54) is 0 Å². The highest BCUT2D eigenvalue weighted by Gasteiger charge is 2.27. The number of nitrogens with one attached hydrogen (secondary N) is 2. The Hall–Kier alpha value is -1.63. The molecule has 2 N–H and O–H groups in total. The fourth-order valence-electron chi connectivity index (χ4n) is 2.18. The van der Waals surface area contributed by atoms with Crippen molar-refractivity contribution in [2.24, 2.45) is 5.41 Å². The van der Waals surface area contributed by atoms with Crippen LogP contribution in [0.5, 0.6) is 6.01 Å². The molecule has 0 aliphatic carbocycles.